The Morgan fingerprint density at radius 2 is 1.94 bits per heavy atom. The fraction of sp³-hybridized carbons (Fsp3) is 1.00. The van der Waals surface area contributed by atoms with E-state index in [2.05, 4.69) is 24.1 Å². The lowest BCUT2D eigenvalue weighted by Crippen LogP contribution is -2.43. The van der Waals surface area contributed by atoms with Crippen molar-refractivity contribution < 1.29 is 0 Å². The van der Waals surface area contributed by atoms with Crippen molar-refractivity contribution in [3.8, 4) is 0 Å². The Morgan fingerprint density at radius 3 is 2.72 bits per heavy atom. The lowest BCUT2D eigenvalue weighted by atomic mass is 9.75. The van der Waals surface area contributed by atoms with Crippen LogP contribution in [0.15, 0.2) is 0 Å². The molecule has 2 rings (SSSR count). The summed E-state index contributed by atoms with van der Waals surface area (Å²) in [7, 11) is 0. The molecule has 2 fully saturated rings. The molecule has 0 spiro atoms. The quantitative estimate of drug-likeness (QED) is 0.780. The second-order valence-corrected chi connectivity index (χ2v) is 6.54. The highest BCUT2D eigenvalue weighted by Gasteiger charge is 2.30. The first-order chi connectivity index (χ1) is 8.79. The summed E-state index contributed by atoms with van der Waals surface area (Å²) in [5.74, 6) is 2.11. The average Bonchev–Trinajstić information content (AvgIpc) is 2.42. The van der Waals surface area contributed by atoms with Crippen LogP contribution in [0.3, 0.4) is 0 Å². The summed E-state index contributed by atoms with van der Waals surface area (Å²) < 4.78 is 0. The molecular formula is C16H32N2. The minimum Gasteiger partial charge on any atom is -0.314 e. The van der Waals surface area contributed by atoms with Crippen LogP contribution in [0.25, 0.3) is 0 Å². The molecule has 2 heteroatoms. The number of nitrogens with one attached hydrogen (secondary N) is 1. The molecule has 0 radical (unpaired) electrons. The fourth-order valence-electron chi connectivity index (χ4n) is 3.75. The molecule has 1 saturated heterocycles. The van der Waals surface area contributed by atoms with Crippen LogP contribution in [0.1, 0.15) is 58.8 Å². The van der Waals surface area contributed by atoms with E-state index in [1.54, 1.807) is 0 Å². The second-order valence-electron chi connectivity index (χ2n) is 6.54. The molecule has 2 aliphatic rings. The highest BCUT2D eigenvalue weighted by Crippen LogP contribution is 2.35. The van der Waals surface area contributed by atoms with Crippen LogP contribution < -0.4 is 5.32 Å². The lowest BCUT2D eigenvalue weighted by Gasteiger charge is -2.41. The third-order valence-corrected chi connectivity index (χ3v) is 5.00. The maximum absolute atomic E-state index is 3.60. The van der Waals surface area contributed by atoms with Gasteiger partial charge >= 0.3 is 0 Å². The Bertz CT molecular complexity index is 229. The Kier molecular flexibility index (Phi) is 5.97. The first-order valence-electron chi connectivity index (χ1n) is 8.25. The van der Waals surface area contributed by atoms with Crippen LogP contribution >= 0.6 is 0 Å². The Labute approximate surface area is 114 Å². The van der Waals surface area contributed by atoms with E-state index in [0.717, 1.165) is 11.8 Å². The minimum atomic E-state index is 0.689. The molecule has 1 aliphatic carbocycles. The van der Waals surface area contributed by atoms with Gasteiger partial charge in [0.2, 0.25) is 0 Å². The summed E-state index contributed by atoms with van der Waals surface area (Å²) in [5, 5.41) is 3.60. The predicted molar refractivity (Wildman–Crippen MR) is 78.9 cm³/mol. The number of hydrogen-bond donors (Lipinski definition) is 1. The van der Waals surface area contributed by atoms with Gasteiger partial charge in [-0.25, -0.2) is 0 Å². The summed E-state index contributed by atoms with van der Waals surface area (Å²) in [6.45, 7) is 9.82. The molecule has 0 bridgehead atoms. The summed E-state index contributed by atoms with van der Waals surface area (Å²) in [6.07, 6.45) is 10.1. The predicted octanol–water partition coefficient (Wildman–Crippen LogP) is 3.28. The maximum Gasteiger partial charge on any atom is 0.00508 e. The van der Waals surface area contributed by atoms with Crippen LogP contribution in [0.2, 0.25) is 0 Å². The summed E-state index contributed by atoms with van der Waals surface area (Å²) in [6, 6.07) is 0.689. The largest absolute Gasteiger partial charge is 0.314 e. The van der Waals surface area contributed by atoms with E-state index in [1.165, 1.54) is 71.1 Å². The molecule has 1 saturated carbocycles. The molecule has 0 aromatic heterocycles. The van der Waals surface area contributed by atoms with Crippen LogP contribution in [0.4, 0.5) is 0 Å². The molecule has 2 nitrogen and oxygen atoms in total. The van der Waals surface area contributed by atoms with Crippen molar-refractivity contribution in [2.45, 2.75) is 64.8 Å². The smallest absolute Gasteiger partial charge is 0.00508 e. The average molecular weight is 252 g/mol. The van der Waals surface area contributed by atoms with Crippen molar-refractivity contribution in [3.63, 3.8) is 0 Å². The zero-order valence-corrected chi connectivity index (χ0v) is 12.5. The third kappa shape index (κ3) is 4.24. The first-order valence-corrected chi connectivity index (χ1v) is 8.25. The molecule has 0 aromatic rings. The molecule has 1 aliphatic heterocycles. The minimum absolute atomic E-state index is 0.689. The highest BCUT2D eigenvalue weighted by molar-refractivity contribution is 4.83. The number of nitrogens with zero attached hydrogens (tertiary/aromatic N) is 1. The topological polar surface area (TPSA) is 15.3 Å². The molecule has 0 aromatic carbocycles. The van der Waals surface area contributed by atoms with Gasteiger partial charge in [-0.3, -0.25) is 0 Å². The van der Waals surface area contributed by atoms with Gasteiger partial charge < -0.3 is 10.2 Å². The van der Waals surface area contributed by atoms with Crippen molar-refractivity contribution in [2.75, 3.05) is 26.2 Å². The van der Waals surface area contributed by atoms with E-state index in [4.69, 9.17) is 0 Å². The summed E-state index contributed by atoms with van der Waals surface area (Å²) in [5.41, 5.74) is 0. The highest BCUT2D eigenvalue weighted by atomic mass is 15.1. The number of hydrogen-bond acceptors (Lipinski definition) is 2. The zero-order chi connectivity index (χ0) is 12.8. The van der Waals surface area contributed by atoms with Crippen molar-refractivity contribution >= 4 is 0 Å². The molecular weight excluding hydrogens is 220 g/mol. The Hall–Kier alpha value is -0.0800. The molecule has 0 amide bonds. The molecule has 18 heavy (non-hydrogen) atoms. The Balaban J connectivity index is 1.65. The maximum atomic E-state index is 3.60. The molecule has 1 heterocycles. The van der Waals surface area contributed by atoms with Gasteiger partial charge in [0.05, 0.1) is 0 Å². The number of likely N-dealkylation sites (tertiary alicyclic amines) is 1. The van der Waals surface area contributed by atoms with Gasteiger partial charge in [0.25, 0.3) is 0 Å². The monoisotopic (exact) mass is 252 g/mol. The second kappa shape index (κ2) is 7.49. The van der Waals surface area contributed by atoms with E-state index >= 15 is 0 Å². The fourth-order valence-corrected chi connectivity index (χ4v) is 3.75. The molecule has 3 atom stereocenters. The third-order valence-electron chi connectivity index (χ3n) is 5.00. The van der Waals surface area contributed by atoms with E-state index in [-0.39, 0.29) is 0 Å². The van der Waals surface area contributed by atoms with Crippen LogP contribution in [-0.2, 0) is 0 Å². The van der Waals surface area contributed by atoms with Gasteiger partial charge in [-0.15, -0.1) is 0 Å². The van der Waals surface area contributed by atoms with E-state index in [9.17, 15) is 0 Å². The van der Waals surface area contributed by atoms with Gasteiger partial charge in [-0.05, 0) is 64.1 Å². The van der Waals surface area contributed by atoms with Gasteiger partial charge in [-0.1, -0.05) is 26.2 Å². The summed E-state index contributed by atoms with van der Waals surface area (Å²) in [4.78, 5) is 2.73. The van der Waals surface area contributed by atoms with Crippen LogP contribution in [-0.4, -0.2) is 37.1 Å². The SMILES string of the molecule is CCCNC(C)CCN1CCC2CCCCC2C1. The van der Waals surface area contributed by atoms with Gasteiger partial charge in [0.1, 0.15) is 0 Å². The summed E-state index contributed by atoms with van der Waals surface area (Å²) >= 11 is 0. The van der Waals surface area contributed by atoms with Crippen molar-refractivity contribution in [2.24, 2.45) is 11.8 Å². The zero-order valence-electron chi connectivity index (χ0n) is 12.5. The number of rotatable bonds is 6. The van der Waals surface area contributed by atoms with Gasteiger partial charge in [0, 0.05) is 12.6 Å². The standard InChI is InChI=1S/C16H32N2/c1-3-10-17-14(2)8-11-18-12-9-15-6-4-5-7-16(15)13-18/h14-17H,3-13H2,1-2H3. The van der Waals surface area contributed by atoms with Crippen molar-refractivity contribution in [1.29, 1.82) is 0 Å². The molecule has 106 valence electrons. The molecule has 3 unspecified atom stereocenters. The number of piperidine rings is 1. The van der Waals surface area contributed by atoms with E-state index in [0.29, 0.717) is 6.04 Å². The molecule has 1 N–H and O–H groups in total. The first kappa shape index (κ1) is 14.3. The van der Waals surface area contributed by atoms with Crippen LogP contribution in [0, 0.1) is 11.8 Å². The van der Waals surface area contributed by atoms with Gasteiger partial charge in [0.15, 0.2) is 0 Å². The van der Waals surface area contributed by atoms with Gasteiger partial charge in [-0.2, -0.15) is 0 Å². The van der Waals surface area contributed by atoms with Crippen molar-refractivity contribution in [1.82, 2.24) is 10.2 Å². The van der Waals surface area contributed by atoms with Crippen molar-refractivity contribution in [3.05, 3.63) is 0 Å². The van der Waals surface area contributed by atoms with E-state index in [1.807, 2.05) is 0 Å². The Morgan fingerprint density at radius 1 is 1.17 bits per heavy atom. The normalized spacial score (nSPS) is 31.0. The number of fused-ring (bicyclic) bond motifs is 1. The lowest BCUT2D eigenvalue weighted by molar-refractivity contribution is 0.0844. The van der Waals surface area contributed by atoms with Crippen LogP contribution in [0.5, 0.6) is 0 Å². The van der Waals surface area contributed by atoms with E-state index < -0.39 is 0 Å².